The monoisotopic (exact) mass is 233 g/mol. The van der Waals surface area contributed by atoms with Gasteiger partial charge in [-0.1, -0.05) is 0 Å². The van der Waals surface area contributed by atoms with Gasteiger partial charge in [-0.25, -0.2) is 0 Å². The fourth-order valence-electron chi connectivity index (χ4n) is 0.125. The van der Waals surface area contributed by atoms with E-state index in [9.17, 15) is 0 Å². The fourth-order valence-corrected chi connectivity index (χ4v) is 0.125. The summed E-state index contributed by atoms with van der Waals surface area (Å²) in [5, 5.41) is 5.84. The molecule has 0 bridgehead atoms. The van der Waals surface area contributed by atoms with E-state index in [0.29, 0.717) is 0 Å². The maximum absolute atomic E-state index is 7.75. The van der Waals surface area contributed by atoms with Gasteiger partial charge in [-0.15, -0.1) is 0 Å². The molecule has 0 aromatic rings. The number of hydrogen-bond acceptors (Lipinski definition) is 3. The van der Waals surface area contributed by atoms with Gasteiger partial charge in [0.2, 0.25) is 0 Å². The van der Waals surface area contributed by atoms with Gasteiger partial charge < -0.3 is 22.9 Å². The van der Waals surface area contributed by atoms with E-state index in [4.69, 9.17) is 4.79 Å². The van der Waals surface area contributed by atoms with E-state index < -0.39 is 0 Å². The van der Waals surface area contributed by atoms with Gasteiger partial charge in [-0.05, 0) is 14.1 Å². The molecule has 0 aliphatic carbocycles. The molecular weight excluding hydrogens is 217 g/mol. The average Bonchev–Trinajstić information content (AvgIpc) is 1.91. The molecule has 0 aromatic heterocycles. The van der Waals surface area contributed by atoms with Gasteiger partial charge >= 0.3 is 19.5 Å². The van der Waals surface area contributed by atoms with E-state index in [2.05, 4.69) is 17.4 Å². The van der Waals surface area contributed by atoms with Crippen LogP contribution in [0.4, 0.5) is 0 Å². The van der Waals surface area contributed by atoms with Crippen molar-refractivity contribution in [2.24, 2.45) is 0 Å². The van der Waals surface area contributed by atoms with Gasteiger partial charge in [-0.2, -0.15) is 13.1 Å². The van der Waals surface area contributed by atoms with Crippen molar-refractivity contribution in [3.63, 3.8) is 0 Å². The maximum atomic E-state index is 7.75. The van der Waals surface area contributed by atoms with E-state index in [1.165, 1.54) is 0 Å². The number of nitrogens with one attached hydrogen (secondary N) is 2. The molecule has 0 atom stereocenters. The fraction of sp³-hybridized carbons (Fsp3) is 0.500. The molecule has 1 radical (unpaired) electrons. The van der Waals surface area contributed by atoms with Crippen LogP contribution in [0.15, 0.2) is 0 Å². The van der Waals surface area contributed by atoms with Gasteiger partial charge in [0.15, 0.2) is 0 Å². The van der Waals surface area contributed by atoms with E-state index in [1.54, 1.807) is 0 Å². The SMILES string of the molecule is CN[C-](C)NC.[CH-]=O.[CH3-].[Ru+3]. The molecule has 0 fully saturated rings. The second kappa shape index (κ2) is 22.9. The van der Waals surface area contributed by atoms with Gasteiger partial charge in [-0.3, -0.25) is 6.79 Å². The minimum atomic E-state index is 0. The zero-order chi connectivity index (χ0) is 6.99. The Morgan fingerprint density at radius 3 is 1.40 bits per heavy atom. The summed E-state index contributed by atoms with van der Waals surface area (Å²) >= 11 is 0. The minimum absolute atomic E-state index is 0. The van der Waals surface area contributed by atoms with Gasteiger partial charge in [0.1, 0.15) is 0 Å². The Hall–Kier alpha value is 0.213. The molecule has 0 aliphatic rings. The molecule has 0 aromatic carbocycles. The van der Waals surface area contributed by atoms with Gasteiger partial charge in [0.05, 0.1) is 0 Å². The molecule has 0 spiro atoms. The van der Waals surface area contributed by atoms with Crippen molar-refractivity contribution in [2.45, 2.75) is 6.92 Å². The summed E-state index contributed by atoms with van der Waals surface area (Å²) in [6.45, 7) is 5.22. The zero-order valence-corrected chi connectivity index (χ0v) is 8.58. The quantitative estimate of drug-likeness (QED) is 0.403. The Balaban J connectivity index is -0.0000000412. The van der Waals surface area contributed by atoms with Crippen LogP contribution in [0.2, 0.25) is 0 Å². The summed E-state index contributed by atoms with van der Waals surface area (Å²) in [6, 6.07) is 0. The Kier molecular flexibility index (Phi) is 51.4. The molecule has 10 heavy (non-hydrogen) atoms. The zero-order valence-electron chi connectivity index (χ0n) is 6.84. The molecule has 0 saturated heterocycles. The molecule has 3 nitrogen and oxygen atoms in total. The minimum Gasteiger partial charge on any atom is -0.545 e. The van der Waals surface area contributed by atoms with Crippen LogP contribution in [0.3, 0.4) is 0 Å². The molecule has 0 aliphatic heterocycles. The average molecular weight is 232 g/mol. The topological polar surface area (TPSA) is 41.1 Å². The van der Waals surface area contributed by atoms with Crippen molar-refractivity contribution in [3.8, 4) is 0 Å². The van der Waals surface area contributed by atoms with Crippen molar-refractivity contribution >= 4 is 6.79 Å². The summed E-state index contributed by atoms with van der Waals surface area (Å²) in [4.78, 5) is 7.75. The first-order chi connectivity index (χ1) is 3.81. The second-order valence-corrected chi connectivity index (χ2v) is 1.12. The Bertz CT molecular complexity index is 42.7. The third kappa shape index (κ3) is 24.1. The smallest absolute Gasteiger partial charge is 0.545 e. The van der Waals surface area contributed by atoms with Crippen LogP contribution in [0, 0.1) is 13.6 Å². The summed E-state index contributed by atoms with van der Waals surface area (Å²) in [7, 11) is 3.76. The Morgan fingerprint density at radius 2 is 1.40 bits per heavy atom. The van der Waals surface area contributed by atoms with Crippen molar-refractivity contribution in [1.82, 2.24) is 10.6 Å². The maximum Gasteiger partial charge on any atom is 3.00 e. The summed E-state index contributed by atoms with van der Waals surface area (Å²) in [6.07, 6.45) is 1.09. The molecular formula is C6H15N2ORu. The molecule has 0 amide bonds. The first kappa shape index (κ1) is 22.5. The predicted molar refractivity (Wildman–Crippen MR) is 40.2 cm³/mol. The largest absolute Gasteiger partial charge is 3.00 e. The Morgan fingerprint density at radius 1 is 1.20 bits per heavy atom. The first-order valence-corrected chi connectivity index (χ1v) is 2.24. The van der Waals surface area contributed by atoms with Crippen molar-refractivity contribution in [1.29, 1.82) is 0 Å². The Labute approximate surface area is 76.7 Å². The van der Waals surface area contributed by atoms with Crippen LogP contribution < -0.4 is 10.6 Å². The van der Waals surface area contributed by atoms with Gasteiger partial charge in [0.25, 0.3) is 0 Å². The van der Waals surface area contributed by atoms with E-state index in [0.717, 1.165) is 6.17 Å². The van der Waals surface area contributed by atoms with E-state index in [1.807, 2.05) is 21.0 Å². The van der Waals surface area contributed by atoms with Crippen LogP contribution in [-0.4, -0.2) is 20.9 Å². The summed E-state index contributed by atoms with van der Waals surface area (Å²) in [5.41, 5.74) is 0. The third-order valence-electron chi connectivity index (χ3n) is 0.750. The molecule has 0 unspecified atom stereocenters. The standard InChI is InChI=1S/C4H11N2.CHO.CH3.Ru/c1-4(5-2)6-3;1-2;;/h5-6H,1-3H3;1H;1H3;/q3*-1;+3. The molecule has 0 rings (SSSR count). The second-order valence-electron chi connectivity index (χ2n) is 1.12. The molecule has 2 N–H and O–H groups in total. The number of rotatable bonds is 2. The van der Waals surface area contributed by atoms with Gasteiger partial charge in [0, 0.05) is 0 Å². The van der Waals surface area contributed by atoms with Crippen LogP contribution in [-0.2, 0) is 24.3 Å². The van der Waals surface area contributed by atoms with E-state index in [-0.39, 0.29) is 26.9 Å². The predicted octanol–water partition coefficient (Wildman–Crippen LogP) is 0.108. The molecule has 4 heteroatoms. The number of carbonyl (C=O) groups excluding carboxylic acids is 1. The van der Waals surface area contributed by atoms with Crippen molar-refractivity contribution in [3.05, 3.63) is 13.6 Å². The van der Waals surface area contributed by atoms with Crippen molar-refractivity contribution < 1.29 is 24.3 Å². The molecule has 63 valence electrons. The number of hydrogen-bond donors (Lipinski definition) is 2. The third-order valence-corrected chi connectivity index (χ3v) is 0.750. The summed E-state index contributed by atoms with van der Waals surface area (Å²) in [5.74, 6) is 0. The summed E-state index contributed by atoms with van der Waals surface area (Å²) < 4.78 is 0. The first-order valence-electron chi connectivity index (χ1n) is 2.24. The van der Waals surface area contributed by atoms with E-state index >= 15 is 0 Å². The normalized spacial score (nSPS) is 6.40. The molecule has 0 heterocycles. The van der Waals surface area contributed by atoms with Crippen LogP contribution in [0.25, 0.3) is 0 Å². The van der Waals surface area contributed by atoms with Crippen LogP contribution in [0.1, 0.15) is 6.92 Å². The van der Waals surface area contributed by atoms with Crippen molar-refractivity contribution in [2.75, 3.05) is 14.1 Å². The molecule has 0 saturated carbocycles. The van der Waals surface area contributed by atoms with Crippen LogP contribution in [0.5, 0.6) is 0 Å². The van der Waals surface area contributed by atoms with Crippen LogP contribution >= 0.6 is 0 Å².